The zero-order chi connectivity index (χ0) is 13.9. The van der Waals surface area contributed by atoms with Crippen molar-refractivity contribution < 1.29 is 9.84 Å². The van der Waals surface area contributed by atoms with Crippen LogP contribution in [0.2, 0.25) is 0 Å². The average molecular weight is 280 g/mol. The summed E-state index contributed by atoms with van der Waals surface area (Å²) in [7, 11) is 0. The van der Waals surface area contributed by atoms with Crippen molar-refractivity contribution in [2.24, 2.45) is 0 Å². The molecule has 20 heavy (non-hydrogen) atoms. The third-order valence-corrected chi connectivity index (χ3v) is 4.53. The highest BCUT2D eigenvalue weighted by atomic mass is 16.5. The fourth-order valence-electron chi connectivity index (χ4n) is 3.40. The molecule has 0 aromatic carbocycles. The Kier molecular flexibility index (Phi) is 4.33. The van der Waals surface area contributed by atoms with Gasteiger partial charge in [-0.05, 0) is 19.8 Å². The molecule has 2 heterocycles. The van der Waals surface area contributed by atoms with Crippen molar-refractivity contribution in [1.29, 1.82) is 0 Å². The Morgan fingerprint density at radius 2 is 2.25 bits per heavy atom. The second-order valence-corrected chi connectivity index (χ2v) is 5.75. The third kappa shape index (κ3) is 2.73. The van der Waals surface area contributed by atoms with Gasteiger partial charge in [0.25, 0.3) is 0 Å². The lowest BCUT2D eigenvalue weighted by molar-refractivity contribution is -0.0786. The van der Waals surface area contributed by atoms with E-state index in [0.29, 0.717) is 6.61 Å². The number of nitrogens with zero attached hydrogens (tertiary/aromatic N) is 4. The van der Waals surface area contributed by atoms with Gasteiger partial charge in [-0.15, -0.1) is 10.2 Å². The molecule has 6 heteroatoms. The van der Waals surface area contributed by atoms with Crippen LogP contribution in [0, 0.1) is 0 Å². The average Bonchev–Trinajstić information content (AvgIpc) is 2.96. The lowest BCUT2D eigenvalue weighted by Crippen LogP contribution is -2.51. The number of aliphatic hydroxyl groups excluding tert-OH is 1. The summed E-state index contributed by atoms with van der Waals surface area (Å²) in [6, 6.07) is 0.285. The lowest BCUT2D eigenvalue weighted by Gasteiger charge is -2.41. The first-order valence-electron chi connectivity index (χ1n) is 7.71. The molecule has 1 aromatic rings. The van der Waals surface area contributed by atoms with Crippen molar-refractivity contribution in [3.8, 4) is 0 Å². The fraction of sp³-hybridized carbons (Fsp3) is 0.857. The second-order valence-electron chi connectivity index (χ2n) is 5.75. The Bertz CT molecular complexity index is 437. The van der Waals surface area contributed by atoms with E-state index in [1.54, 1.807) is 6.33 Å². The van der Waals surface area contributed by atoms with Gasteiger partial charge in [0.15, 0.2) is 5.82 Å². The molecule has 3 atom stereocenters. The minimum Gasteiger partial charge on any atom is -0.391 e. The van der Waals surface area contributed by atoms with Crippen LogP contribution in [0.5, 0.6) is 0 Å². The zero-order valence-corrected chi connectivity index (χ0v) is 12.1. The van der Waals surface area contributed by atoms with Gasteiger partial charge < -0.3 is 14.4 Å². The van der Waals surface area contributed by atoms with Crippen molar-refractivity contribution in [1.82, 2.24) is 19.7 Å². The van der Waals surface area contributed by atoms with Crippen LogP contribution in [0.15, 0.2) is 6.33 Å². The van der Waals surface area contributed by atoms with Crippen LogP contribution in [0.4, 0.5) is 0 Å². The van der Waals surface area contributed by atoms with Gasteiger partial charge >= 0.3 is 0 Å². The van der Waals surface area contributed by atoms with Crippen LogP contribution in [-0.4, -0.2) is 56.6 Å². The molecule has 1 aliphatic carbocycles. The summed E-state index contributed by atoms with van der Waals surface area (Å²) in [5, 5.41) is 18.4. The third-order valence-electron chi connectivity index (χ3n) is 4.53. The van der Waals surface area contributed by atoms with Crippen LogP contribution < -0.4 is 0 Å². The predicted octanol–water partition coefficient (Wildman–Crippen LogP) is 0.975. The molecule has 1 aliphatic heterocycles. The molecule has 0 spiro atoms. The molecule has 1 saturated carbocycles. The molecular weight excluding hydrogens is 256 g/mol. The van der Waals surface area contributed by atoms with Gasteiger partial charge in [-0.1, -0.05) is 12.8 Å². The van der Waals surface area contributed by atoms with Gasteiger partial charge in [0, 0.05) is 25.7 Å². The smallest absolute Gasteiger partial charge is 0.163 e. The minimum absolute atomic E-state index is 0.0275. The summed E-state index contributed by atoms with van der Waals surface area (Å²) in [5.41, 5.74) is 0. The summed E-state index contributed by atoms with van der Waals surface area (Å²) in [5.74, 6) is 0.905. The van der Waals surface area contributed by atoms with E-state index < -0.39 is 0 Å². The Morgan fingerprint density at radius 3 is 3.05 bits per heavy atom. The fourth-order valence-corrected chi connectivity index (χ4v) is 3.40. The zero-order valence-electron chi connectivity index (χ0n) is 12.1. The van der Waals surface area contributed by atoms with Crippen LogP contribution >= 0.6 is 0 Å². The molecule has 0 bridgehead atoms. The molecule has 1 N–H and O–H groups in total. The number of morpholine rings is 1. The number of rotatable bonds is 3. The van der Waals surface area contributed by atoms with E-state index >= 15 is 0 Å². The van der Waals surface area contributed by atoms with Crippen molar-refractivity contribution in [2.75, 3.05) is 19.7 Å². The quantitative estimate of drug-likeness (QED) is 0.894. The van der Waals surface area contributed by atoms with Gasteiger partial charge in [-0.2, -0.15) is 0 Å². The molecule has 1 aromatic heterocycles. The largest absolute Gasteiger partial charge is 0.391 e. The number of hydrogen-bond acceptors (Lipinski definition) is 5. The summed E-state index contributed by atoms with van der Waals surface area (Å²) >= 11 is 0. The van der Waals surface area contributed by atoms with Gasteiger partial charge in [0.1, 0.15) is 12.4 Å². The van der Waals surface area contributed by atoms with Crippen molar-refractivity contribution in [3.05, 3.63) is 12.2 Å². The van der Waals surface area contributed by atoms with Crippen LogP contribution in [-0.2, 0) is 11.3 Å². The first kappa shape index (κ1) is 14.0. The molecule has 2 fully saturated rings. The Labute approximate surface area is 119 Å². The number of aliphatic hydroxyl groups is 1. The van der Waals surface area contributed by atoms with Gasteiger partial charge in [0.05, 0.1) is 12.7 Å². The second kappa shape index (κ2) is 6.20. The standard InChI is InChI=1S/C14H24N4O2/c1-2-17-10-15-16-14(17)13-9-18(7-8-20-13)11-5-3-4-6-12(11)19/h10-13,19H,2-9H2,1H3/t11-,12-,13-/m0/s1. The van der Waals surface area contributed by atoms with E-state index in [1.165, 1.54) is 6.42 Å². The summed E-state index contributed by atoms with van der Waals surface area (Å²) in [6.45, 7) is 5.34. The summed E-state index contributed by atoms with van der Waals surface area (Å²) in [4.78, 5) is 2.38. The van der Waals surface area contributed by atoms with E-state index in [-0.39, 0.29) is 18.2 Å². The molecule has 0 radical (unpaired) electrons. The van der Waals surface area contributed by atoms with Gasteiger partial charge in [-0.3, -0.25) is 4.90 Å². The van der Waals surface area contributed by atoms with Crippen LogP contribution in [0.3, 0.4) is 0 Å². The lowest BCUT2D eigenvalue weighted by atomic mass is 9.91. The maximum atomic E-state index is 10.2. The summed E-state index contributed by atoms with van der Waals surface area (Å²) in [6.07, 6.45) is 5.93. The van der Waals surface area contributed by atoms with E-state index in [4.69, 9.17) is 4.74 Å². The Hall–Kier alpha value is -0.980. The number of aromatic nitrogens is 3. The molecular formula is C14H24N4O2. The van der Waals surface area contributed by atoms with Gasteiger partial charge in [0.2, 0.25) is 0 Å². The molecule has 6 nitrogen and oxygen atoms in total. The van der Waals surface area contributed by atoms with E-state index in [0.717, 1.165) is 44.7 Å². The molecule has 1 saturated heterocycles. The number of hydrogen-bond donors (Lipinski definition) is 1. The molecule has 2 aliphatic rings. The molecule has 3 rings (SSSR count). The summed E-state index contributed by atoms with van der Waals surface area (Å²) < 4.78 is 7.91. The maximum Gasteiger partial charge on any atom is 0.163 e. The number of aryl methyl sites for hydroxylation is 1. The topological polar surface area (TPSA) is 63.4 Å². The van der Waals surface area contributed by atoms with Crippen molar-refractivity contribution in [2.45, 2.75) is 57.4 Å². The van der Waals surface area contributed by atoms with Gasteiger partial charge in [-0.25, -0.2) is 0 Å². The Morgan fingerprint density at radius 1 is 1.40 bits per heavy atom. The monoisotopic (exact) mass is 280 g/mol. The molecule has 112 valence electrons. The Balaban J connectivity index is 1.70. The van der Waals surface area contributed by atoms with Crippen LogP contribution in [0.1, 0.15) is 44.5 Å². The minimum atomic E-state index is -0.188. The van der Waals surface area contributed by atoms with E-state index in [1.807, 2.05) is 4.57 Å². The number of ether oxygens (including phenoxy) is 1. The SMILES string of the molecule is CCn1cnnc1[C@@H]1CN([C@H]2CCCC[C@@H]2O)CCO1. The highest BCUT2D eigenvalue weighted by Gasteiger charge is 2.34. The highest BCUT2D eigenvalue weighted by molar-refractivity contribution is 4.96. The van der Waals surface area contributed by atoms with E-state index in [2.05, 4.69) is 22.0 Å². The molecule has 0 amide bonds. The van der Waals surface area contributed by atoms with Crippen molar-refractivity contribution >= 4 is 0 Å². The first-order valence-corrected chi connectivity index (χ1v) is 7.71. The first-order chi connectivity index (χ1) is 9.79. The van der Waals surface area contributed by atoms with E-state index in [9.17, 15) is 5.11 Å². The predicted molar refractivity (Wildman–Crippen MR) is 74.2 cm³/mol. The highest BCUT2D eigenvalue weighted by Crippen LogP contribution is 2.28. The maximum absolute atomic E-state index is 10.2. The van der Waals surface area contributed by atoms with Crippen molar-refractivity contribution in [3.63, 3.8) is 0 Å². The molecule has 0 unspecified atom stereocenters. The normalized spacial score (nSPS) is 32.4. The van der Waals surface area contributed by atoms with Crippen LogP contribution in [0.25, 0.3) is 0 Å².